The molecule has 21 heavy (non-hydrogen) atoms. The Balaban J connectivity index is 2.97. The predicted molar refractivity (Wildman–Crippen MR) is 83.7 cm³/mol. The summed E-state index contributed by atoms with van der Waals surface area (Å²) in [5, 5.41) is 0. The first-order valence-corrected chi connectivity index (χ1v) is 7.30. The standard InChI is InChI=1S/C16H26N2O3/c1-5-18(6-2)16(19)13(11-17)9-12-10-14(20-3)7-8-15(12)21-4/h7-8,10,13H,5-6,9,11,17H2,1-4H3. The quantitative estimate of drug-likeness (QED) is 0.792. The van der Waals surface area contributed by atoms with Crippen LogP contribution < -0.4 is 15.2 Å². The second-order valence-electron chi connectivity index (χ2n) is 4.83. The van der Waals surface area contributed by atoms with Crippen LogP contribution in [-0.4, -0.2) is 44.7 Å². The van der Waals surface area contributed by atoms with E-state index in [0.717, 1.165) is 17.1 Å². The second kappa shape index (κ2) is 8.52. The fourth-order valence-corrected chi connectivity index (χ4v) is 2.37. The van der Waals surface area contributed by atoms with Crippen molar-refractivity contribution in [3.05, 3.63) is 23.8 Å². The van der Waals surface area contributed by atoms with Crippen molar-refractivity contribution in [1.82, 2.24) is 4.90 Å². The topological polar surface area (TPSA) is 64.8 Å². The summed E-state index contributed by atoms with van der Waals surface area (Å²) in [4.78, 5) is 14.3. The van der Waals surface area contributed by atoms with Gasteiger partial charge in [0, 0.05) is 19.6 Å². The Morgan fingerprint density at radius 3 is 2.38 bits per heavy atom. The zero-order chi connectivity index (χ0) is 15.8. The summed E-state index contributed by atoms with van der Waals surface area (Å²) >= 11 is 0. The Labute approximate surface area is 127 Å². The second-order valence-corrected chi connectivity index (χ2v) is 4.83. The van der Waals surface area contributed by atoms with Crippen LogP contribution in [0.3, 0.4) is 0 Å². The van der Waals surface area contributed by atoms with Gasteiger partial charge in [-0.25, -0.2) is 0 Å². The van der Waals surface area contributed by atoms with Crippen molar-refractivity contribution in [3.63, 3.8) is 0 Å². The van der Waals surface area contributed by atoms with E-state index in [-0.39, 0.29) is 11.8 Å². The van der Waals surface area contributed by atoms with Crippen LogP contribution in [0.4, 0.5) is 0 Å². The molecule has 0 radical (unpaired) electrons. The maximum absolute atomic E-state index is 12.5. The lowest BCUT2D eigenvalue weighted by Crippen LogP contribution is -2.40. The monoisotopic (exact) mass is 294 g/mol. The van der Waals surface area contributed by atoms with E-state index in [0.29, 0.717) is 26.1 Å². The van der Waals surface area contributed by atoms with Gasteiger partial charge in [-0.3, -0.25) is 4.79 Å². The number of nitrogens with two attached hydrogens (primary N) is 1. The minimum Gasteiger partial charge on any atom is -0.497 e. The molecular weight excluding hydrogens is 268 g/mol. The summed E-state index contributed by atoms with van der Waals surface area (Å²) in [6.07, 6.45) is 0.548. The Hall–Kier alpha value is -1.75. The number of ether oxygens (including phenoxy) is 2. The number of hydrogen-bond acceptors (Lipinski definition) is 4. The van der Waals surface area contributed by atoms with E-state index in [9.17, 15) is 4.79 Å². The summed E-state index contributed by atoms with van der Waals surface area (Å²) in [6.45, 7) is 5.65. The average molecular weight is 294 g/mol. The van der Waals surface area contributed by atoms with Crippen molar-refractivity contribution in [1.29, 1.82) is 0 Å². The lowest BCUT2D eigenvalue weighted by Gasteiger charge is -2.25. The molecule has 1 atom stereocenters. The minimum absolute atomic E-state index is 0.0902. The molecule has 5 heteroatoms. The third-order valence-electron chi connectivity index (χ3n) is 3.66. The number of rotatable bonds is 8. The summed E-state index contributed by atoms with van der Waals surface area (Å²) in [7, 11) is 3.24. The van der Waals surface area contributed by atoms with Crippen molar-refractivity contribution in [3.8, 4) is 11.5 Å². The van der Waals surface area contributed by atoms with Crippen LogP contribution in [0.15, 0.2) is 18.2 Å². The van der Waals surface area contributed by atoms with Crippen LogP contribution in [0.1, 0.15) is 19.4 Å². The van der Waals surface area contributed by atoms with Gasteiger partial charge >= 0.3 is 0 Å². The molecule has 2 N–H and O–H groups in total. The van der Waals surface area contributed by atoms with Gasteiger partial charge in [-0.2, -0.15) is 0 Å². The molecule has 0 heterocycles. The number of amides is 1. The Morgan fingerprint density at radius 2 is 1.90 bits per heavy atom. The number of methoxy groups -OCH3 is 2. The Morgan fingerprint density at radius 1 is 1.24 bits per heavy atom. The summed E-state index contributed by atoms with van der Waals surface area (Å²) in [5.41, 5.74) is 6.75. The molecular formula is C16H26N2O3. The molecule has 0 saturated carbocycles. The first-order chi connectivity index (χ1) is 10.1. The molecule has 1 rings (SSSR count). The SMILES string of the molecule is CCN(CC)C(=O)C(CN)Cc1cc(OC)ccc1OC. The highest BCUT2D eigenvalue weighted by molar-refractivity contribution is 5.79. The molecule has 0 bridgehead atoms. The van der Waals surface area contributed by atoms with Crippen LogP contribution in [-0.2, 0) is 11.2 Å². The normalized spacial score (nSPS) is 11.9. The molecule has 0 saturated heterocycles. The van der Waals surface area contributed by atoms with Gasteiger partial charge in [0.15, 0.2) is 0 Å². The molecule has 1 unspecified atom stereocenters. The first-order valence-electron chi connectivity index (χ1n) is 7.30. The first kappa shape index (κ1) is 17.3. The van der Waals surface area contributed by atoms with Gasteiger partial charge < -0.3 is 20.1 Å². The van der Waals surface area contributed by atoms with Crippen LogP contribution in [0.5, 0.6) is 11.5 Å². The fraction of sp³-hybridized carbons (Fsp3) is 0.562. The molecule has 118 valence electrons. The number of benzene rings is 1. The number of carbonyl (C=O) groups excluding carboxylic acids is 1. The average Bonchev–Trinajstić information content (AvgIpc) is 2.53. The van der Waals surface area contributed by atoms with Gasteiger partial charge in [-0.1, -0.05) is 0 Å². The van der Waals surface area contributed by atoms with Gasteiger partial charge in [0.2, 0.25) is 5.91 Å². The van der Waals surface area contributed by atoms with Crippen molar-refractivity contribution < 1.29 is 14.3 Å². The maximum Gasteiger partial charge on any atom is 0.227 e. The highest BCUT2D eigenvalue weighted by Gasteiger charge is 2.23. The van der Waals surface area contributed by atoms with Crippen molar-refractivity contribution in [2.24, 2.45) is 11.7 Å². The highest BCUT2D eigenvalue weighted by atomic mass is 16.5. The van der Waals surface area contributed by atoms with Crippen molar-refractivity contribution in [2.45, 2.75) is 20.3 Å². The summed E-state index contributed by atoms with van der Waals surface area (Å²) in [6, 6.07) is 5.59. The maximum atomic E-state index is 12.5. The molecule has 0 spiro atoms. The van der Waals surface area contributed by atoms with Crippen molar-refractivity contribution in [2.75, 3.05) is 33.9 Å². The number of nitrogens with zero attached hydrogens (tertiary/aromatic N) is 1. The number of hydrogen-bond donors (Lipinski definition) is 1. The van der Waals surface area contributed by atoms with Crippen LogP contribution >= 0.6 is 0 Å². The molecule has 1 aromatic carbocycles. The number of carbonyl (C=O) groups is 1. The van der Waals surface area contributed by atoms with E-state index in [4.69, 9.17) is 15.2 Å². The van der Waals surface area contributed by atoms with Gasteiger partial charge in [0.1, 0.15) is 11.5 Å². The van der Waals surface area contributed by atoms with Crippen LogP contribution in [0.25, 0.3) is 0 Å². The Bertz CT molecular complexity index is 459. The van der Waals surface area contributed by atoms with E-state index in [1.54, 1.807) is 14.2 Å². The summed E-state index contributed by atoms with van der Waals surface area (Å²) < 4.78 is 10.6. The third-order valence-corrected chi connectivity index (χ3v) is 3.66. The molecule has 0 aliphatic carbocycles. The van der Waals surface area contributed by atoms with Crippen molar-refractivity contribution >= 4 is 5.91 Å². The lowest BCUT2D eigenvalue weighted by atomic mass is 9.97. The molecule has 0 aliphatic rings. The molecule has 0 fully saturated rings. The van der Waals surface area contributed by atoms with Crippen LogP contribution in [0.2, 0.25) is 0 Å². The van der Waals surface area contributed by atoms with E-state index in [1.807, 2.05) is 36.9 Å². The van der Waals surface area contributed by atoms with E-state index in [1.165, 1.54) is 0 Å². The highest BCUT2D eigenvalue weighted by Crippen LogP contribution is 2.26. The third kappa shape index (κ3) is 4.36. The van der Waals surface area contributed by atoms with E-state index < -0.39 is 0 Å². The van der Waals surface area contributed by atoms with Gasteiger partial charge in [-0.05, 0) is 44.0 Å². The predicted octanol–water partition coefficient (Wildman–Crippen LogP) is 1.69. The minimum atomic E-state index is -0.245. The zero-order valence-electron chi connectivity index (χ0n) is 13.4. The zero-order valence-corrected chi connectivity index (χ0v) is 13.4. The Kier molecular flexibility index (Phi) is 7.02. The van der Waals surface area contributed by atoms with Gasteiger partial charge in [-0.15, -0.1) is 0 Å². The largest absolute Gasteiger partial charge is 0.497 e. The molecule has 1 aromatic rings. The van der Waals surface area contributed by atoms with E-state index >= 15 is 0 Å². The lowest BCUT2D eigenvalue weighted by molar-refractivity contribution is -0.134. The van der Waals surface area contributed by atoms with E-state index in [2.05, 4.69) is 0 Å². The van der Waals surface area contributed by atoms with Crippen LogP contribution in [0, 0.1) is 5.92 Å². The molecule has 5 nitrogen and oxygen atoms in total. The molecule has 0 aliphatic heterocycles. The summed E-state index contributed by atoms with van der Waals surface area (Å²) in [5.74, 6) is 1.34. The smallest absolute Gasteiger partial charge is 0.227 e. The molecule has 0 aromatic heterocycles. The molecule has 1 amide bonds. The fourth-order valence-electron chi connectivity index (χ4n) is 2.37. The van der Waals surface area contributed by atoms with Gasteiger partial charge in [0.05, 0.1) is 20.1 Å². The van der Waals surface area contributed by atoms with Gasteiger partial charge in [0.25, 0.3) is 0 Å².